The number of amides is 2. The minimum Gasteiger partial charge on any atom is -0.458 e. The van der Waals surface area contributed by atoms with Crippen LogP contribution in [-0.2, 0) is 19.1 Å². The van der Waals surface area contributed by atoms with Gasteiger partial charge < -0.3 is 20.7 Å². The van der Waals surface area contributed by atoms with E-state index in [1.165, 1.54) is 23.6 Å². The summed E-state index contributed by atoms with van der Waals surface area (Å²) >= 11 is 1.39. The number of ether oxygens (including phenoxy) is 1. The Morgan fingerprint density at radius 3 is 2.62 bits per heavy atom. The van der Waals surface area contributed by atoms with Crippen LogP contribution in [0.1, 0.15) is 27.7 Å². The second-order valence-corrected chi connectivity index (χ2v) is 7.56. The summed E-state index contributed by atoms with van der Waals surface area (Å²) in [5.74, 6) is -0.726. The Morgan fingerprint density at radius 2 is 2.10 bits per heavy atom. The number of thioether (sulfide) groups is 1. The molecule has 0 saturated carbocycles. The lowest BCUT2D eigenvalue weighted by Gasteiger charge is -2.53. The first-order chi connectivity index (χ1) is 9.56. The Labute approximate surface area is 127 Å². The van der Waals surface area contributed by atoms with Gasteiger partial charge in [-0.2, -0.15) is 0 Å². The highest BCUT2D eigenvalue weighted by Crippen LogP contribution is 2.38. The molecule has 0 aromatic carbocycles. The molecule has 2 amide bonds. The number of nitrogens with one attached hydrogen (secondary N) is 1. The van der Waals surface area contributed by atoms with E-state index in [-0.39, 0.29) is 23.7 Å². The van der Waals surface area contributed by atoms with Gasteiger partial charge in [0, 0.05) is 12.7 Å². The van der Waals surface area contributed by atoms with Gasteiger partial charge in [-0.1, -0.05) is 0 Å². The second-order valence-electron chi connectivity index (χ2n) is 6.46. The first kappa shape index (κ1) is 16.1. The highest BCUT2D eigenvalue weighted by Gasteiger charge is 2.57. The van der Waals surface area contributed by atoms with Crippen molar-refractivity contribution < 1.29 is 19.1 Å². The second kappa shape index (κ2) is 5.17. The molecule has 2 heterocycles. The first-order valence-corrected chi connectivity index (χ1v) is 7.80. The highest BCUT2D eigenvalue weighted by molar-refractivity contribution is 8.00. The minimum absolute atomic E-state index is 0.103. The van der Waals surface area contributed by atoms with Crippen LogP contribution >= 0.6 is 11.8 Å². The third kappa shape index (κ3) is 3.01. The van der Waals surface area contributed by atoms with Crippen molar-refractivity contribution in [2.45, 2.75) is 50.3 Å². The maximum Gasteiger partial charge on any atom is 0.335 e. The minimum atomic E-state index is -1.21. The van der Waals surface area contributed by atoms with Crippen LogP contribution in [0.2, 0.25) is 0 Å². The number of hydrogen-bond acceptors (Lipinski definition) is 6. The summed E-state index contributed by atoms with van der Waals surface area (Å²) in [6, 6.07) is -0.524. The Bertz CT molecular complexity index is 490. The van der Waals surface area contributed by atoms with E-state index in [1.807, 2.05) is 0 Å². The van der Waals surface area contributed by atoms with Crippen LogP contribution in [0.3, 0.4) is 0 Å². The summed E-state index contributed by atoms with van der Waals surface area (Å²) in [6.07, 6.45) is 0. The fraction of sp³-hybridized carbons (Fsp3) is 0.769. The van der Waals surface area contributed by atoms with Crippen LogP contribution in [0.15, 0.2) is 0 Å². The number of rotatable bonds is 2. The molecule has 3 atom stereocenters. The maximum absolute atomic E-state index is 12.5. The van der Waals surface area contributed by atoms with Crippen LogP contribution in [0.4, 0.5) is 0 Å². The predicted octanol–water partition coefficient (Wildman–Crippen LogP) is -0.555. The molecule has 0 aliphatic carbocycles. The van der Waals surface area contributed by atoms with Gasteiger partial charge in [0.15, 0.2) is 5.54 Å². The molecule has 0 aromatic rings. The summed E-state index contributed by atoms with van der Waals surface area (Å²) in [5.41, 5.74) is 3.85. The Balaban J connectivity index is 2.21. The van der Waals surface area contributed by atoms with E-state index in [2.05, 4.69) is 5.32 Å². The quantitative estimate of drug-likeness (QED) is 0.523. The topological polar surface area (TPSA) is 102 Å². The molecular formula is C13H21N3O4S. The van der Waals surface area contributed by atoms with Crippen molar-refractivity contribution in [1.29, 1.82) is 0 Å². The summed E-state index contributed by atoms with van der Waals surface area (Å²) in [5, 5.41) is 2.55. The third-order valence-corrected chi connectivity index (χ3v) is 4.88. The zero-order chi connectivity index (χ0) is 16.0. The number of esters is 1. The zero-order valence-corrected chi connectivity index (χ0v) is 13.5. The first-order valence-electron chi connectivity index (χ1n) is 6.76. The molecule has 7 nitrogen and oxygen atoms in total. The van der Waals surface area contributed by atoms with E-state index in [1.54, 1.807) is 20.8 Å². The molecular weight excluding hydrogens is 294 g/mol. The number of nitrogens with two attached hydrogens (primary N) is 1. The Kier molecular flexibility index (Phi) is 3.96. The third-order valence-electron chi connectivity index (χ3n) is 3.33. The monoisotopic (exact) mass is 315 g/mol. The molecule has 2 unspecified atom stereocenters. The van der Waals surface area contributed by atoms with Crippen molar-refractivity contribution in [1.82, 2.24) is 10.2 Å². The van der Waals surface area contributed by atoms with Gasteiger partial charge in [0.05, 0.1) is 6.54 Å². The number of nitrogens with zero attached hydrogens (tertiary/aromatic N) is 1. The Hall–Kier alpha value is -1.28. The van der Waals surface area contributed by atoms with Crippen molar-refractivity contribution in [3.8, 4) is 0 Å². The molecule has 8 heteroatoms. The molecule has 2 aliphatic rings. The molecule has 118 valence electrons. The summed E-state index contributed by atoms with van der Waals surface area (Å²) < 4.78 is 5.41. The number of β-lactam (4-membered cyclic amide) rings is 1. The molecule has 2 saturated heterocycles. The molecule has 3 N–H and O–H groups in total. The van der Waals surface area contributed by atoms with E-state index < -0.39 is 23.2 Å². The zero-order valence-electron chi connectivity index (χ0n) is 12.6. The van der Waals surface area contributed by atoms with Crippen molar-refractivity contribution in [2.75, 3.05) is 12.3 Å². The number of hydrogen-bond donors (Lipinski definition) is 2. The van der Waals surface area contributed by atoms with E-state index in [9.17, 15) is 14.4 Å². The van der Waals surface area contributed by atoms with Crippen molar-refractivity contribution in [3.63, 3.8) is 0 Å². The molecule has 2 aliphatic heterocycles. The highest BCUT2D eigenvalue weighted by atomic mass is 32.2. The van der Waals surface area contributed by atoms with Gasteiger partial charge in [0.2, 0.25) is 11.8 Å². The van der Waals surface area contributed by atoms with E-state index in [4.69, 9.17) is 10.5 Å². The lowest BCUT2D eigenvalue weighted by atomic mass is 9.96. The van der Waals surface area contributed by atoms with Gasteiger partial charge in [-0.3, -0.25) is 9.59 Å². The average molecular weight is 315 g/mol. The smallest absolute Gasteiger partial charge is 0.335 e. The van der Waals surface area contributed by atoms with Crippen molar-refractivity contribution in [3.05, 3.63) is 0 Å². The summed E-state index contributed by atoms with van der Waals surface area (Å²) in [4.78, 5) is 37.3. The lowest BCUT2D eigenvalue weighted by molar-refractivity contribution is -0.167. The number of carbonyl (C=O) groups excluding carboxylic acids is 3. The fourth-order valence-electron chi connectivity index (χ4n) is 2.44. The van der Waals surface area contributed by atoms with Crippen LogP contribution in [0.5, 0.6) is 0 Å². The Morgan fingerprint density at radius 1 is 1.48 bits per heavy atom. The molecule has 0 spiro atoms. The van der Waals surface area contributed by atoms with Gasteiger partial charge in [-0.05, 0) is 20.8 Å². The molecule has 0 aromatic heterocycles. The fourth-order valence-corrected chi connectivity index (χ4v) is 3.86. The number of carbonyl (C=O) groups is 3. The van der Waals surface area contributed by atoms with Gasteiger partial charge in [-0.15, -0.1) is 11.8 Å². The molecule has 2 fully saturated rings. The van der Waals surface area contributed by atoms with Gasteiger partial charge in [-0.25, -0.2) is 4.79 Å². The van der Waals surface area contributed by atoms with Crippen LogP contribution in [-0.4, -0.2) is 57.5 Å². The molecule has 0 bridgehead atoms. The van der Waals surface area contributed by atoms with Crippen molar-refractivity contribution >= 4 is 29.5 Å². The van der Waals surface area contributed by atoms with Crippen LogP contribution < -0.4 is 11.1 Å². The standard InChI is InChI=1S/C13H21N3O4S/c1-7(17)15-13(11(19)20-12(2,3)4)5-16-9(18)8(14)10(16)21-6-13/h8,10H,5-6,14H2,1-4H3,(H,15,17)/t8?,10-,13?/m1/s1. The molecule has 0 radical (unpaired) electrons. The predicted molar refractivity (Wildman–Crippen MR) is 78.3 cm³/mol. The van der Waals surface area contributed by atoms with Crippen LogP contribution in [0, 0.1) is 0 Å². The lowest BCUT2D eigenvalue weighted by Crippen LogP contribution is -2.77. The van der Waals surface area contributed by atoms with Gasteiger partial charge in [0.1, 0.15) is 17.0 Å². The summed E-state index contributed by atoms with van der Waals surface area (Å²) in [7, 11) is 0. The normalized spacial score (nSPS) is 32.0. The molecule has 2 rings (SSSR count). The van der Waals surface area contributed by atoms with E-state index in [0.717, 1.165) is 0 Å². The van der Waals surface area contributed by atoms with Gasteiger partial charge in [0.25, 0.3) is 0 Å². The van der Waals surface area contributed by atoms with E-state index >= 15 is 0 Å². The van der Waals surface area contributed by atoms with E-state index in [0.29, 0.717) is 5.75 Å². The number of fused-ring (bicyclic) bond motifs is 1. The van der Waals surface area contributed by atoms with Gasteiger partial charge >= 0.3 is 5.97 Å². The average Bonchev–Trinajstić information content (AvgIpc) is 2.35. The summed E-state index contributed by atoms with van der Waals surface area (Å²) in [6.45, 7) is 6.72. The van der Waals surface area contributed by atoms with Crippen molar-refractivity contribution in [2.24, 2.45) is 5.73 Å². The SMILES string of the molecule is CC(=O)NC1(C(=O)OC(C)(C)C)CS[C@@H]2C(N)C(=O)N2C1. The maximum atomic E-state index is 12.5. The molecule has 21 heavy (non-hydrogen) atoms. The largest absolute Gasteiger partial charge is 0.458 e. The van der Waals surface area contributed by atoms with Crippen LogP contribution in [0.25, 0.3) is 0 Å².